The zero-order valence-electron chi connectivity index (χ0n) is 19.3. The van der Waals surface area contributed by atoms with Crippen LogP contribution in [-0.4, -0.2) is 55.8 Å². The second kappa shape index (κ2) is 9.81. The average molecular weight is 474 g/mol. The van der Waals surface area contributed by atoms with Gasteiger partial charge < -0.3 is 9.80 Å². The van der Waals surface area contributed by atoms with Crippen molar-refractivity contribution >= 4 is 21.6 Å². The highest BCUT2D eigenvalue weighted by Crippen LogP contribution is 2.39. The van der Waals surface area contributed by atoms with Gasteiger partial charge in [-0.2, -0.15) is 4.31 Å². The number of benzene rings is 2. The normalized spacial score (nSPS) is 23.5. The number of carbonyl (C=O) groups excluding carboxylic acids is 1. The van der Waals surface area contributed by atoms with E-state index in [-0.39, 0.29) is 18.5 Å². The van der Waals surface area contributed by atoms with Gasteiger partial charge in [0.25, 0.3) is 0 Å². The Morgan fingerprint density at radius 3 is 2.33 bits per heavy atom. The smallest absolute Gasteiger partial charge is 0.221 e. The largest absolute Gasteiger partial charge is 0.368 e. The molecule has 2 fully saturated rings. The molecule has 2 aliphatic rings. The maximum absolute atomic E-state index is 15.2. The highest BCUT2D eigenvalue weighted by molar-refractivity contribution is 7.89. The van der Waals surface area contributed by atoms with Gasteiger partial charge in [-0.1, -0.05) is 43.3 Å². The molecule has 2 aromatic rings. The highest BCUT2D eigenvalue weighted by atomic mass is 32.2. The molecule has 0 spiro atoms. The Bertz CT molecular complexity index is 1090. The van der Waals surface area contributed by atoms with E-state index in [0.29, 0.717) is 44.6 Å². The van der Waals surface area contributed by atoms with Crippen LogP contribution in [0, 0.1) is 5.82 Å². The SMILES string of the molecule is CCC1CCC(c2ccccc2)S(=O)(=O)N1Cc1ccc(N2CCN(C(C)=O)CC2)cc1F. The first-order valence-electron chi connectivity index (χ1n) is 11.7. The van der Waals surface area contributed by atoms with Crippen molar-refractivity contribution in [3.63, 3.8) is 0 Å². The molecule has 0 radical (unpaired) electrons. The van der Waals surface area contributed by atoms with Crippen LogP contribution in [0.15, 0.2) is 48.5 Å². The summed E-state index contributed by atoms with van der Waals surface area (Å²) in [6, 6.07) is 14.2. The summed E-state index contributed by atoms with van der Waals surface area (Å²) in [5.41, 5.74) is 1.93. The molecular formula is C25H32FN3O3S. The first-order chi connectivity index (χ1) is 15.8. The van der Waals surface area contributed by atoms with Crippen molar-refractivity contribution in [3.8, 4) is 0 Å². The van der Waals surface area contributed by atoms with Crippen LogP contribution >= 0.6 is 0 Å². The summed E-state index contributed by atoms with van der Waals surface area (Å²) in [7, 11) is -3.62. The number of amides is 1. The van der Waals surface area contributed by atoms with Gasteiger partial charge in [-0.05, 0) is 37.0 Å². The quantitative estimate of drug-likeness (QED) is 0.660. The molecule has 0 N–H and O–H groups in total. The van der Waals surface area contributed by atoms with E-state index in [4.69, 9.17) is 0 Å². The third-order valence-corrected chi connectivity index (χ3v) is 9.26. The minimum atomic E-state index is -3.62. The Balaban J connectivity index is 1.53. The van der Waals surface area contributed by atoms with Gasteiger partial charge in [0.15, 0.2) is 0 Å². The van der Waals surface area contributed by atoms with Crippen molar-refractivity contribution in [1.82, 2.24) is 9.21 Å². The van der Waals surface area contributed by atoms with Gasteiger partial charge in [0.05, 0.1) is 0 Å². The standard InChI is InChI=1S/C25H32FN3O3S/c1-3-22-11-12-25(20-7-5-4-6-8-20)33(31,32)29(22)18-21-9-10-23(17-24(21)26)28-15-13-27(14-16-28)19(2)30/h4-10,17,22,25H,3,11-16,18H2,1-2H3. The summed E-state index contributed by atoms with van der Waals surface area (Å²) >= 11 is 0. The predicted molar refractivity (Wildman–Crippen MR) is 128 cm³/mol. The zero-order chi connectivity index (χ0) is 23.6. The monoisotopic (exact) mass is 473 g/mol. The Labute approximate surface area is 196 Å². The molecule has 0 aliphatic carbocycles. The van der Waals surface area contributed by atoms with Gasteiger partial charge >= 0.3 is 0 Å². The van der Waals surface area contributed by atoms with Gasteiger partial charge in [-0.25, -0.2) is 12.8 Å². The fourth-order valence-corrected chi connectivity index (χ4v) is 7.20. The average Bonchev–Trinajstić information content (AvgIpc) is 2.81. The summed E-state index contributed by atoms with van der Waals surface area (Å²) in [4.78, 5) is 15.4. The van der Waals surface area contributed by atoms with Crippen LogP contribution in [0.3, 0.4) is 0 Å². The van der Waals surface area contributed by atoms with Gasteiger partial charge in [-0.3, -0.25) is 4.79 Å². The van der Waals surface area contributed by atoms with E-state index < -0.39 is 21.1 Å². The lowest BCUT2D eigenvalue weighted by Gasteiger charge is -2.39. The third kappa shape index (κ3) is 4.92. The summed E-state index contributed by atoms with van der Waals surface area (Å²) < 4.78 is 43.8. The summed E-state index contributed by atoms with van der Waals surface area (Å²) in [6.45, 7) is 6.11. The number of nitrogens with zero attached hydrogens (tertiary/aromatic N) is 3. The van der Waals surface area contributed by atoms with E-state index in [9.17, 15) is 13.2 Å². The van der Waals surface area contributed by atoms with Crippen molar-refractivity contribution in [1.29, 1.82) is 0 Å². The van der Waals surface area contributed by atoms with Gasteiger partial charge in [0.2, 0.25) is 15.9 Å². The van der Waals surface area contributed by atoms with Crippen molar-refractivity contribution in [2.75, 3.05) is 31.1 Å². The zero-order valence-corrected chi connectivity index (χ0v) is 20.1. The second-order valence-electron chi connectivity index (χ2n) is 8.90. The molecule has 178 valence electrons. The van der Waals surface area contributed by atoms with E-state index in [1.54, 1.807) is 17.9 Å². The molecule has 8 heteroatoms. The lowest BCUT2D eigenvalue weighted by atomic mass is 10.0. The molecule has 6 nitrogen and oxygen atoms in total. The van der Waals surface area contributed by atoms with Crippen LogP contribution in [0.1, 0.15) is 49.5 Å². The fraction of sp³-hybridized carbons (Fsp3) is 0.480. The maximum Gasteiger partial charge on any atom is 0.221 e. The van der Waals surface area contributed by atoms with Crippen LogP contribution in [0.25, 0.3) is 0 Å². The van der Waals surface area contributed by atoms with Crippen LogP contribution in [0.5, 0.6) is 0 Å². The Hall–Kier alpha value is -2.45. The number of piperazine rings is 1. The summed E-state index contributed by atoms with van der Waals surface area (Å²) in [5.74, 6) is -0.341. The molecule has 0 bridgehead atoms. The number of rotatable bonds is 5. The van der Waals surface area contributed by atoms with Crippen molar-refractivity contribution in [2.45, 2.75) is 50.9 Å². The minimum Gasteiger partial charge on any atom is -0.368 e. The maximum atomic E-state index is 15.2. The summed E-state index contributed by atoms with van der Waals surface area (Å²) in [5, 5.41) is -0.596. The molecule has 2 heterocycles. The highest BCUT2D eigenvalue weighted by Gasteiger charge is 2.41. The number of halogens is 1. The lowest BCUT2D eigenvalue weighted by molar-refractivity contribution is -0.129. The molecule has 0 aromatic heterocycles. The molecule has 2 aliphatic heterocycles. The molecule has 2 aromatic carbocycles. The van der Waals surface area contributed by atoms with E-state index in [2.05, 4.69) is 4.90 Å². The molecule has 2 saturated heterocycles. The Morgan fingerprint density at radius 2 is 1.73 bits per heavy atom. The molecule has 1 amide bonds. The van der Waals surface area contributed by atoms with E-state index in [0.717, 1.165) is 17.7 Å². The summed E-state index contributed by atoms with van der Waals surface area (Å²) in [6.07, 6.45) is 2.03. The van der Waals surface area contributed by atoms with Crippen molar-refractivity contribution in [2.24, 2.45) is 0 Å². The first-order valence-corrected chi connectivity index (χ1v) is 13.2. The fourth-order valence-electron chi connectivity index (χ4n) is 4.95. The van der Waals surface area contributed by atoms with Crippen molar-refractivity contribution < 1.29 is 17.6 Å². The molecule has 0 saturated carbocycles. The molecular weight excluding hydrogens is 441 g/mol. The topological polar surface area (TPSA) is 60.9 Å². The molecule has 4 rings (SSSR count). The minimum absolute atomic E-state index is 0.0361. The second-order valence-corrected chi connectivity index (χ2v) is 11.0. The van der Waals surface area contributed by atoms with Gasteiger partial charge in [-0.15, -0.1) is 0 Å². The van der Waals surface area contributed by atoms with Crippen molar-refractivity contribution in [3.05, 3.63) is 65.5 Å². The Morgan fingerprint density at radius 1 is 1.03 bits per heavy atom. The number of anilines is 1. The van der Waals surface area contributed by atoms with Crippen LogP contribution < -0.4 is 4.90 Å². The lowest BCUT2D eigenvalue weighted by Crippen LogP contribution is -2.48. The predicted octanol–water partition coefficient (Wildman–Crippen LogP) is 3.94. The number of hydrogen-bond acceptors (Lipinski definition) is 4. The van der Waals surface area contributed by atoms with E-state index in [1.807, 2.05) is 43.3 Å². The van der Waals surface area contributed by atoms with E-state index >= 15 is 4.39 Å². The number of sulfonamides is 1. The van der Waals surface area contributed by atoms with Crippen LogP contribution in [0.2, 0.25) is 0 Å². The number of carbonyl (C=O) groups is 1. The van der Waals surface area contributed by atoms with Gasteiger partial charge in [0, 0.05) is 56.9 Å². The Kier molecular flexibility index (Phi) is 7.05. The van der Waals surface area contributed by atoms with Crippen LogP contribution in [0.4, 0.5) is 10.1 Å². The third-order valence-electron chi connectivity index (χ3n) is 6.95. The molecule has 33 heavy (non-hydrogen) atoms. The molecule has 2 unspecified atom stereocenters. The number of hydrogen-bond donors (Lipinski definition) is 0. The van der Waals surface area contributed by atoms with Gasteiger partial charge in [0.1, 0.15) is 11.1 Å². The van der Waals surface area contributed by atoms with Crippen LogP contribution in [-0.2, 0) is 21.4 Å². The first kappa shape index (κ1) is 23.7. The van der Waals surface area contributed by atoms with E-state index in [1.165, 1.54) is 10.4 Å². The molecule has 2 atom stereocenters.